The first-order chi connectivity index (χ1) is 10.8. The van der Waals surface area contributed by atoms with E-state index in [1.54, 1.807) is 0 Å². The Bertz CT molecular complexity index is 319. The summed E-state index contributed by atoms with van der Waals surface area (Å²) in [6, 6.07) is 0. The smallest absolute Gasteiger partial charge is 0.191 e. The Hall–Kier alpha value is -0.810. The molecule has 2 N–H and O–H groups in total. The summed E-state index contributed by atoms with van der Waals surface area (Å²) in [5.74, 6) is 1.86. The van der Waals surface area contributed by atoms with Gasteiger partial charge in [0.25, 0.3) is 0 Å². The molecule has 0 aromatic heterocycles. The zero-order chi connectivity index (χ0) is 15.6. The third-order valence-electron chi connectivity index (χ3n) is 4.65. The molecule has 1 aliphatic heterocycles. The van der Waals surface area contributed by atoms with E-state index in [1.165, 1.54) is 65.0 Å². The average Bonchev–Trinajstić information content (AvgIpc) is 3.37. The number of guanidine groups is 1. The standard InChI is InChI=1S/C17H35N5/c1-3-18-17(20-15-16-7-8-16)19-9-5-6-10-22-13-11-21(4-2)12-14-22/h16H,3-15H2,1-2H3,(H2,18,19,20). The molecule has 0 radical (unpaired) electrons. The number of hydrogen-bond donors (Lipinski definition) is 2. The van der Waals surface area contributed by atoms with Gasteiger partial charge in [0.2, 0.25) is 0 Å². The fourth-order valence-corrected chi connectivity index (χ4v) is 2.86. The van der Waals surface area contributed by atoms with Gasteiger partial charge in [0, 0.05) is 45.8 Å². The molecule has 1 saturated heterocycles. The largest absolute Gasteiger partial charge is 0.357 e. The Labute approximate surface area is 136 Å². The van der Waals surface area contributed by atoms with Crippen LogP contribution in [0.25, 0.3) is 0 Å². The van der Waals surface area contributed by atoms with E-state index in [0.717, 1.165) is 31.5 Å². The Morgan fingerprint density at radius 2 is 1.73 bits per heavy atom. The molecule has 2 rings (SSSR count). The molecular formula is C17H35N5. The monoisotopic (exact) mass is 309 g/mol. The van der Waals surface area contributed by atoms with Crippen molar-refractivity contribution < 1.29 is 0 Å². The predicted octanol–water partition coefficient (Wildman–Crippen LogP) is 1.37. The molecule has 0 bridgehead atoms. The fourth-order valence-electron chi connectivity index (χ4n) is 2.86. The first kappa shape index (κ1) is 17.5. The van der Waals surface area contributed by atoms with Gasteiger partial charge < -0.3 is 20.4 Å². The van der Waals surface area contributed by atoms with Crippen LogP contribution in [0.4, 0.5) is 0 Å². The summed E-state index contributed by atoms with van der Waals surface area (Å²) in [7, 11) is 0. The minimum Gasteiger partial charge on any atom is -0.357 e. The molecule has 0 aromatic carbocycles. The first-order valence-corrected chi connectivity index (χ1v) is 9.28. The topological polar surface area (TPSA) is 42.9 Å². The van der Waals surface area contributed by atoms with Gasteiger partial charge in [0.1, 0.15) is 0 Å². The number of piperazine rings is 1. The number of hydrogen-bond acceptors (Lipinski definition) is 3. The van der Waals surface area contributed by atoms with Gasteiger partial charge in [-0.1, -0.05) is 6.92 Å². The highest BCUT2D eigenvalue weighted by Gasteiger charge is 2.20. The summed E-state index contributed by atoms with van der Waals surface area (Å²) in [5.41, 5.74) is 0. The molecule has 22 heavy (non-hydrogen) atoms. The highest BCUT2D eigenvalue weighted by atomic mass is 15.3. The zero-order valence-electron chi connectivity index (χ0n) is 14.6. The maximum absolute atomic E-state index is 4.66. The van der Waals surface area contributed by atoms with Crippen molar-refractivity contribution in [2.45, 2.75) is 39.5 Å². The second-order valence-corrected chi connectivity index (χ2v) is 6.57. The number of nitrogens with zero attached hydrogens (tertiary/aromatic N) is 3. The number of aliphatic imine (C=N–C) groups is 1. The van der Waals surface area contributed by atoms with Crippen molar-refractivity contribution in [2.24, 2.45) is 10.9 Å². The Morgan fingerprint density at radius 1 is 1.00 bits per heavy atom. The quantitative estimate of drug-likeness (QED) is 0.383. The molecule has 0 spiro atoms. The normalized spacial score (nSPS) is 21.1. The van der Waals surface area contributed by atoms with Crippen LogP contribution in [0, 0.1) is 5.92 Å². The molecule has 5 heteroatoms. The van der Waals surface area contributed by atoms with E-state index in [4.69, 9.17) is 0 Å². The van der Waals surface area contributed by atoms with Gasteiger partial charge in [-0.2, -0.15) is 0 Å². The lowest BCUT2D eigenvalue weighted by Gasteiger charge is -2.34. The minimum absolute atomic E-state index is 0.859. The van der Waals surface area contributed by atoms with Gasteiger partial charge in [-0.3, -0.25) is 4.99 Å². The van der Waals surface area contributed by atoms with Crippen molar-refractivity contribution in [1.82, 2.24) is 20.4 Å². The maximum Gasteiger partial charge on any atom is 0.191 e. The minimum atomic E-state index is 0.859. The van der Waals surface area contributed by atoms with Crippen molar-refractivity contribution in [1.29, 1.82) is 0 Å². The summed E-state index contributed by atoms with van der Waals surface area (Å²) in [6.07, 6.45) is 5.24. The van der Waals surface area contributed by atoms with E-state index in [2.05, 4.69) is 39.3 Å². The number of nitrogens with one attached hydrogen (secondary N) is 2. The molecule has 1 aliphatic carbocycles. The fraction of sp³-hybridized carbons (Fsp3) is 0.941. The number of likely N-dealkylation sites (N-methyl/N-ethyl adjacent to an activating group) is 1. The van der Waals surface area contributed by atoms with Gasteiger partial charge in [-0.25, -0.2) is 0 Å². The summed E-state index contributed by atoms with van der Waals surface area (Å²) in [6.45, 7) is 14.8. The van der Waals surface area contributed by atoms with Crippen LogP contribution in [0.5, 0.6) is 0 Å². The van der Waals surface area contributed by atoms with Gasteiger partial charge in [-0.05, 0) is 51.6 Å². The van der Waals surface area contributed by atoms with E-state index < -0.39 is 0 Å². The summed E-state index contributed by atoms with van der Waals surface area (Å²) < 4.78 is 0. The second-order valence-electron chi connectivity index (χ2n) is 6.57. The molecule has 1 heterocycles. The van der Waals surface area contributed by atoms with Crippen molar-refractivity contribution in [3.05, 3.63) is 0 Å². The molecule has 0 unspecified atom stereocenters. The maximum atomic E-state index is 4.66. The lowest BCUT2D eigenvalue weighted by Crippen LogP contribution is -2.46. The third kappa shape index (κ3) is 6.97. The molecule has 0 amide bonds. The van der Waals surface area contributed by atoms with E-state index in [-0.39, 0.29) is 0 Å². The van der Waals surface area contributed by atoms with Crippen LogP contribution in [0.2, 0.25) is 0 Å². The summed E-state index contributed by atoms with van der Waals surface area (Å²) >= 11 is 0. The Kier molecular flexibility index (Phi) is 8.02. The van der Waals surface area contributed by atoms with Gasteiger partial charge in [0.15, 0.2) is 5.96 Å². The van der Waals surface area contributed by atoms with Crippen LogP contribution in [0.1, 0.15) is 39.5 Å². The molecule has 1 saturated carbocycles. The summed E-state index contributed by atoms with van der Waals surface area (Å²) in [4.78, 5) is 9.81. The van der Waals surface area contributed by atoms with Gasteiger partial charge in [-0.15, -0.1) is 0 Å². The number of unbranched alkanes of at least 4 members (excludes halogenated alkanes) is 1. The molecule has 5 nitrogen and oxygen atoms in total. The van der Waals surface area contributed by atoms with E-state index in [1.807, 2.05) is 0 Å². The highest BCUT2D eigenvalue weighted by molar-refractivity contribution is 5.79. The van der Waals surface area contributed by atoms with Gasteiger partial charge >= 0.3 is 0 Å². The summed E-state index contributed by atoms with van der Waals surface area (Å²) in [5, 5.41) is 6.81. The first-order valence-electron chi connectivity index (χ1n) is 9.28. The van der Waals surface area contributed by atoms with Crippen LogP contribution >= 0.6 is 0 Å². The number of rotatable bonds is 9. The predicted molar refractivity (Wildman–Crippen MR) is 94.5 cm³/mol. The molecular weight excluding hydrogens is 274 g/mol. The SMILES string of the molecule is CCNC(=NCC1CC1)NCCCCN1CCN(CC)CC1. The van der Waals surface area contributed by atoms with Crippen molar-refractivity contribution in [2.75, 3.05) is 58.9 Å². The van der Waals surface area contributed by atoms with Crippen LogP contribution in [0.15, 0.2) is 4.99 Å². The van der Waals surface area contributed by atoms with Crippen molar-refractivity contribution in [3.8, 4) is 0 Å². The van der Waals surface area contributed by atoms with E-state index >= 15 is 0 Å². The van der Waals surface area contributed by atoms with E-state index in [9.17, 15) is 0 Å². The van der Waals surface area contributed by atoms with E-state index in [0.29, 0.717) is 0 Å². The molecule has 2 fully saturated rings. The molecule has 128 valence electrons. The Balaban J connectivity index is 1.51. The molecule has 0 atom stereocenters. The lowest BCUT2D eigenvalue weighted by atomic mass is 10.2. The molecule has 0 aromatic rings. The zero-order valence-corrected chi connectivity index (χ0v) is 14.6. The average molecular weight is 310 g/mol. The third-order valence-corrected chi connectivity index (χ3v) is 4.65. The second kappa shape index (κ2) is 10.1. The van der Waals surface area contributed by atoms with Crippen LogP contribution in [-0.2, 0) is 0 Å². The van der Waals surface area contributed by atoms with Gasteiger partial charge in [0.05, 0.1) is 0 Å². The lowest BCUT2D eigenvalue weighted by molar-refractivity contribution is 0.136. The Morgan fingerprint density at radius 3 is 2.36 bits per heavy atom. The molecule has 2 aliphatic rings. The van der Waals surface area contributed by atoms with Crippen molar-refractivity contribution >= 4 is 5.96 Å². The van der Waals surface area contributed by atoms with Crippen LogP contribution in [0.3, 0.4) is 0 Å². The van der Waals surface area contributed by atoms with Crippen molar-refractivity contribution in [3.63, 3.8) is 0 Å². The van der Waals surface area contributed by atoms with Crippen LogP contribution < -0.4 is 10.6 Å². The highest BCUT2D eigenvalue weighted by Crippen LogP contribution is 2.28. The van der Waals surface area contributed by atoms with Crippen LogP contribution in [-0.4, -0.2) is 74.7 Å².